The largest absolute Gasteiger partial charge is 0.458 e. The van der Waals surface area contributed by atoms with Gasteiger partial charge in [-0.3, -0.25) is 14.5 Å². The molecule has 10 heteroatoms. The lowest BCUT2D eigenvalue weighted by atomic mass is 10.0. The molecule has 0 aliphatic heterocycles. The number of tetrazole rings is 1. The van der Waals surface area contributed by atoms with Crippen molar-refractivity contribution in [1.29, 1.82) is 0 Å². The molecule has 176 valence electrons. The summed E-state index contributed by atoms with van der Waals surface area (Å²) >= 11 is 0. The number of benzene rings is 1. The number of aryl methyl sites for hydroxylation is 1. The Morgan fingerprint density at radius 3 is 2.45 bits per heavy atom. The summed E-state index contributed by atoms with van der Waals surface area (Å²) in [5, 5.41) is 15.1. The zero-order valence-corrected chi connectivity index (χ0v) is 19.5. The van der Waals surface area contributed by atoms with Gasteiger partial charge in [0, 0.05) is 11.2 Å². The maximum Gasteiger partial charge on any atom is 0.251 e. The van der Waals surface area contributed by atoms with Gasteiger partial charge in [-0.2, -0.15) is 4.80 Å². The van der Waals surface area contributed by atoms with Crippen LogP contribution in [0.4, 0.5) is 10.1 Å². The Kier molecular flexibility index (Phi) is 7.25. The van der Waals surface area contributed by atoms with Crippen molar-refractivity contribution in [3.63, 3.8) is 0 Å². The quantitative estimate of drug-likeness (QED) is 0.556. The van der Waals surface area contributed by atoms with E-state index in [9.17, 15) is 14.0 Å². The number of anilines is 1. The average molecular weight is 457 g/mol. The third-order valence-corrected chi connectivity index (χ3v) is 4.74. The Hall–Kier alpha value is -3.56. The van der Waals surface area contributed by atoms with Crippen LogP contribution in [0.25, 0.3) is 11.6 Å². The highest BCUT2D eigenvalue weighted by molar-refractivity contribution is 6.00. The number of hydrogen-bond acceptors (Lipinski definition) is 6. The fraction of sp³-hybridized carbons (Fsp3) is 0.435. The third kappa shape index (κ3) is 6.24. The molecule has 1 aromatic carbocycles. The van der Waals surface area contributed by atoms with Crippen molar-refractivity contribution in [1.82, 2.24) is 25.5 Å². The fourth-order valence-corrected chi connectivity index (χ4v) is 3.36. The van der Waals surface area contributed by atoms with Crippen LogP contribution in [0, 0.1) is 12.7 Å². The standard InChI is InChI=1S/C23H29FN6O3/c1-6-7-18(22(32)25-23(3,4)5)30(17-11-9-16(24)10-12-17)20(31)14-29-27-21(26-28-29)19-13-8-15(2)33-19/h8-13,18H,6-7,14H2,1-5H3,(H,25,32). The smallest absolute Gasteiger partial charge is 0.251 e. The number of carbonyl (C=O) groups is 2. The normalized spacial score (nSPS) is 12.4. The molecule has 0 saturated heterocycles. The van der Waals surface area contributed by atoms with E-state index in [2.05, 4.69) is 20.7 Å². The zero-order chi connectivity index (χ0) is 24.2. The van der Waals surface area contributed by atoms with Crippen LogP contribution in [0.1, 0.15) is 46.3 Å². The van der Waals surface area contributed by atoms with Gasteiger partial charge in [0.1, 0.15) is 24.2 Å². The van der Waals surface area contributed by atoms with E-state index in [1.165, 1.54) is 29.2 Å². The third-order valence-electron chi connectivity index (χ3n) is 4.74. The molecule has 3 aromatic rings. The van der Waals surface area contributed by atoms with Crippen molar-refractivity contribution in [3.05, 3.63) is 48.0 Å². The lowest BCUT2D eigenvalue weighted by Crippen LogP contribution is -2.54. The van der Waals surface area contributed by atoms with E-state index in [0.29, 0.717) is 30.0 Å². The van der Waals surface area contributed by atoms with E-state index < -0.39 is 23.3 Å². The summed E-state index contributed by atoms with van der Waals surface area (Å²) in [7, 11) is 0. The molecule has 1 N–H and O–H groups in total. The van der Waals surface area contributed by atoms with Gasteiger partial charge in [0.15, 0.2) is 5.76 Å². The van der Waals surface area contributed by atoms with Gasteiger partial charge in [0.2, 0.25) is 11.7 Å². The van der Waals surface area contributed by atoms with Crippen molar-refractivity contribution >= 4 is 17.5 Å². The first-order chi connectivity index (χ1) is 15.6. The van der Waals surface area contributed by atoms with E-state index in [1.54, 1.807) is 19.1 Å². The monoisotopic (exact) mass is 456 g/mol. The van der Waals surface area contributed by atoms with Crippen LogP contribution in [0.3, 0.4) is 0 Å². The van der Waals surface area contributed by atoms with Crippen molar-refractivity contribution < 1.29 is 18.4 Å². The topological polar surface area (TPSA) is 106 Å². The van der Waals surface area contributed by atoms with E-state index >= 15 is 0 Å². The highest BCUT2D eigenvalue weighted by Gasteiger charge is 2.33. The Morgan fingerprint density at radius 1 is 1.18 bits per heavy atom. The average Bonchev–Trinajstić information content (AvgIpc) is 3.36. The molecule has 3 rings (SSSR count). The van der Waals surface area contributed by atoms with Crippen molar-refractivity contribution in [2.75, 3.05) is 4.90 Å². The molecule has 2 aromatic heterocycles. The SMILES string of the molecule is CCCC(C(=O)NC(C)(C)C)N(C(=O)Cn1nnc(-c2ccc(C)o2)n1)c1ccc(F)cc1. The Morgan fingerprint density at radius 2 is 1.88 bits per heavy atom. The highest BCUT2D eigenvalue weighted by atomic mass is 19.1. The predicted octanol–water partition coefficient (Wildman–Crippen LogP) is 3.50. The molecular weight excluding hydrogens is 427 g/mol. The summed E-state index contributed by atoms with van der Waals surface area (Å²) < 4.78 is 19.1. The molecule has 2 amide bonds. The fourth-order valence-electron chi connectivity index (χ4n) is 3.36. The maximum atomic E-state index is 13.6. The molecule has 0 bridgehead atoms. The summed E-state index contributed by atoms with van der Waals surface area (Å²) in [5.74, 6) is 0.236. The maximum absolute atomic E-state index is 13.6. The van der Waals surface area contributed by atoms with Gasteiger partial charge in [-0.25, -0.2) is 4.39 Å². The van der Waals surface area contributed by atoms with Crippen LogP contribution in [-0.2, 0) is 16.1 Å². The second-order valence-electron chi connectivity index (χ2n) is 8.84. The van der Waals surface area contributed by atoms with E-state index in [0.717, 1.165) is 4.80 Å². The molecule has 33 heavy (non-hydrogen) atoms. The first-order valence-electron chi connectivity index (χ1n) is 10.8. The molecule has 0 fully saturated rings. The number of hydrogen-bond donors (Lipinski definition) is 1. The van der Waals surface area contributed by atoms with Gasteiger partial charge in [-0.1, -0.05) is 13.3 Å². The predicted molar refractivity (Wildman–Crippen MR) is 121 cm³/mol. The van der Waals surface area contributed by atoms with Crippen molar-refractivity contribution in [2.24, 2.45) is 0 Å². The molecule has 2 heterocycles. The van der Waals surface area contributed by atoms with Crippen molar-refractivity contribution in [2.45, 2.75) is 65.6 Å². The van der Waals surface area contributed by atoms with Crippen LogP contribution in [0.15, 0.2) is 40.8 Å². The van der Waals surface area contributed by atoms with Gasteiger partial charge in [0.25, 0.3) is 5.91 Å². The number of halogens is 1. The van der Waals surface area contributed by atoms with Crippen molar-refractivity contribution in [3.8, 4) is 11.6 Å². The van der Waals surface area contributed by atoms with Crippen LogP contribution < -0.4 is 10.2 Å². The molecule has 0 aliphatic rings. The summed E-state index contributed by atoms with van der Waals surface area (Å²) in [6.07, 6.45) is 1.09. The van der Waals surface area contributed by atoms with E-state index in [4.69, 9.17) is 4.42 Å². The summed E-state index contributed by atoms with van der Waals surface area (Å²) in [4.78, 5) is 29.1. The van der Waals surface area contributed by atoms with Gasteiger partial charge in [0.05, 0.1) is 0 Å². The number of rotatable bonds is 8. The summed E-state index contributed by atoms with van der Waals surface area (Å²) in [6, 6.07) is 8.18. The number of aromatic nitrogens is 4. The minimum Gasteiger partial charge on any atom is -0.458 e. The van der Waals surface area contributed by atoms with Crippen LogP contribution in [0.5, 0.6) is 0 Å². The minimum atomic E-state index is -0.789. The molecule has 1 unspecified atom stereocenters. The molecule has 0 radical (unpaired) electrons. The molecule has 9 nitrogen and oxygen atoms in total. The highest BCUT2D eigenvalue weighted by Crippen LogP contribution is 2.22. The minimum absolute atomic E-state index is 0.250. The second kappa shape index (κ2) is 9.93. The Balaban J connectivity index is 1.91. The number of amides is 2. The van der Waals surface area contributed by atoms with Gasteiger partial charge in [-0.15, -0.1) is 10.2 Å². The molecule has 0 spiro atoms. The molecule has 0 saturated carbocycles. The number of nitrogens with one attached hydrogen (secondary N) is 1. The first-order valence-corrected chi connectivity index (χ1v) is 10.8. The molecule has 1 atom stereocenters. The van der Waals surface area contributed by atoms with Gasteiger partial charge < -0.3 is 9.73 Å². The van der Waals surface area contributed by atoms with Gasteiger partial charge >= 0.3 is 0 Å². The van der Waals surface area contributed by atoms with Crippen LogP contribution >= 0.6 is 0 Å². The van der Waals surface area contributed by atoms with E-state index in [1.807, 2.05) is 27.7 Å². The Bertz CT molecular complexity index is 1100. The Labute approximate surface area is 192 Å². The summed E-state index contributed by atoms with van der Waals surface area (Å²) in [5.41, 5.74) is -0.0738. The number of carbonyl (C=O) groups excluding carboxylic acids is 2. The lowest BCUT2D eigenvalue weighted by Gasteiger charge is -2.33. The first kappa shape index (κ1) is 24.1. The second-order valence-corrected chi connectivity index (χ2v) is 8.84. The number of nitrogens with zero attached hydrogens (tertiary/aromatic N) is 5. The van der Waals surface area contributed by atoms with Crippen LogP contribution in [0.2, 0.25) is 0 Å². The number of furan rings is 1. The zero-order valence-electron chi connectivity index (χ0n) is 19.5. The van der Waals surface area contributed by atoms with Gasteiger partial charge in [-0.05, 0) is 75.7 Å². The summed E-state index contributed by atoms with van der Waals surface area (Å²) in [6.45, 7) is 9.09. The van der Waals surface area contributed by atoms with E-state index in [-0.39, 0.29) is 18.3 Å². The molecule has 0 aliphatic carbocycles. The van der Waals surface area contributed by atoms with Crippen LogP contribution in [-0.4, -0.2) is 43.6 Å². The lowest BCUT2D eigenvalue weighted by molar-refractivity contribution is -0.128. The molecular formula is C23H29FN6O3.